The van der Waals surface area contributed by atoms with Crippen LogP contribution in [-0.2, 0) is 14.8 Å². The molecule has 0 aromatic heterocycles. The molecule has 0 radical (unpaired) electrons. The van der Waals surface area contributed by atoms with Crippen molar-refractivity contribution in [3.8, 4) is 11.8 Å². The van der Waals surface area contributed by atoms with E-state index in [-0.39, 0.29) is 37.0 Å². The maximum Gasteiger partial charge on any atom is 0.263 e. The van der Waals surface area contributed by atoms with Gasteiger partial charge in [0.1, 0.15) is 16.5 Å². The van der Waals surface area contributed by atoms with Crippen molar-refractivity contribution < 1.29 is 22.3 Å². The predicted molar refractivity (Wildman–Crippen MR) is 103 cm³/mol. The van der Waals surface area contributed by atoms with Crippen molar-refractivity contribution in [2.24, 2.45) is 0 Å². The molecule has 1 unspecified atom stereocenters. The number of sulfonamides is 1. The molecule has 0 saturated carbocycles. The molecule has 0 spiro atoms. The number of hydrogen-bond acceptors (Lipinski definition) is 5. The average Bonchev–Trinajstić information content (AvgIpc) is 2.74. The smallest absolute Gasteiger partial charge is 0.263 e. The predicted octanol–water partition coefficient (Wildman–Crippen LogP) is 2.00. The molecule has 2 aromatic rings. The molecule has 7 nitrogen and oxygen atoms in total. The van der Waals surface area contributed by atoms with E-state index in [0.717, 1.165) is 6.07 Å². The third kappa shape index (κ3) is 4.55. The zero-order chi connectivity index (χ0) is 21.0. The van der Waals surface area contributed by atoms with Crippen LogP contribution in [0.1, 0.15) is 12.5 Å². The molecule has 1 heterocycles. The standard InChI is InChI=1S/C20H20FN3O4S/c1-15(28-17-8-6-16(14-22)7-9-17)20(25)23-10-12-24(13-11-23)29(26,27)19-5-3-2-4-18(19)21/h2-9,15H,10-13H2,1H3. The number of piperazine rings is 1. The van der Waals surface area contributed by atoms with Crippen LogP contribution in [0.2, 0.25) is 0 Å². The van der Waals surface area contributed by atoms with Crippen molar-refractivity contribution in [1.29, 1.82) is 5.26 Å². The minimum Gasteiger partial charge on any atom is -0.481 e. The monoisotopic (exact) mass is 417 g/mol. The second-order valence-corrected chi connectivity index (χ2v) is 8.46. The van der Waals surface area contributed by atoms with Gasteiger partial charge in [0.05, 0.1) is 11.6 Å². The minimum absolute atomic E-state index is 0.0754. The molecule has 0 bridgehead atoms. The number of halogens is 1. The molecule has 0 aliphatic carbocycles. The molecular weight excluding hydrogens is 397 g/mol. The first-order chi connectivity index (χ1) is 13.8. The van der Waals surface area contributed by atoms with Crippen molar-refractivity contribution in [2.75, 3.05) is 26.2 Å². The van der Waals surface area contributed by atoms with E-state index < -0.39 is 21.9 Å². The lowest BCUT2D eigenvalue weighted by atomic mass is 10.2. The van der Waals surface area contributed by atoms with Crippen LogP contribution in [0.4, 0.5) is 4.39 Å². The largest absolute Gasteiger partial charge is 0.481 e. The number of amides is 1. The highest BCUT2D eigenvalue weighted by molar-refractivity contribution is 7.89. The zero-order valence-electron chi connectivity index (χ0n) is 15.8. The Hall–Kier alpha value is -2.96. The summed E-state index contributed by atoms with van der Waals surface area (Å²) in [6.45, 7) is 2.14. The maximum atomic E-state index is 13.9. The van der Waals surface area contributed by atoms with Crippen LogP contribution < -0.4 is 4.74 Å². The van der Waals surface area contributed by atoms with Gasteiger partial charge < -0.3 is 9.64 Å². The number of rotatable bonds is 5. The molecule has 1 aliphatic heterocycles. The average molecular weight is 417 g/mol. The number of ether oxygens (including phenoxy) is 1. The Balaban J connectivity index is 1.60. The summed E-state index contributed by atoms with van der Waals surface area (Å²) in [5.41, 5.74) is 0.489. The Kier molecular flexibility index (Phi) is 6.15. The molecule has 1 atom stereocenters. The topological polar surface area (TPSA) is 90.7 Å². The summed E-state index contributed by atoms with van der Waals surface area (Å²) in [4.78, 5) is 13.8. The number of nitrogens with zero attached hydrogens (tertiary/aromatic N) is 3. The van der Waals surface area contributed by atoms with E-state index in [1.54, 1.807) is 31.2 Å². The highest BCUT2D eigenvalue weighted by Crippen LogP contribution is 2.21. The first-order valence-electron chi connectivity index (χ1n) is 9.03. The van der Waals surface area contributed by atoms with Crippen LogP contribution in [0.15, 0.2) is 53.4 Å². The quantitative estimate of drug-likeness (QED) is 0.742. The summed E-state index contributed by atoms with van der Waals surface area (Å²) in [7, 11) is -3.95. The summed E-state index contributed by atoms with van der Waals surface area (Å²) in [6, 6.07) is 13.7. The Morgan fingerprint density at radius 1 is 1.10 bits per heavy atom. The summed E-state index contributed by atoms with van der Waals surface area (Å²) >= 11 is 0. The highest BCUT2D eigenvalue weighted by Gasteiger charge is 2.33. The number of benzene rings is 2. The van der Waals surface area contributed by atoms with Gasteiger partial charge >= 0.3 is 0 Å². The van der Waals surface area contributed by atoms with Crippen molar-refractivity contribution in [3.63, 3.8) is 0 Å². The van der Waals surface area contributed by atoms with Gasteiger partial charge in [0.25, 0.3) is 5.91 Å². The van der Waals surface area contributed by atoms with Crippen LogP contribution >= 0.6 is 0 Å². The Bertz CT molecular complexity index is 1030. The van der Waals surface area contributed by atoms with E-state index in [1.807, 2.05) is 6.07 Å². The third-order valence-electron chi connectivity index (χ3n) is 4.65. The minimum atomic E-state index is -3.95. The van der Waals surface area contributed by atoms with E-state index in [2.05, 4.69) is 0 Å². The van der Waals surface area contributed by atoms with E-state index in [0.29, 0.717) is 11.3 Å². The van der Waals surface area contributed by atoms with Crippen LogP contribution in [0.25, 0.3) is 0 Å². The first-order valence-corrected chi connectivity index (χ1v) is 10.5. The van der Waals surface area contributed by atoms with Gasteiger partial charge in [-0.05, 0) is 43.3 Å². The van der Waals surface area contributed by atoms with E-state index in [1.165, 1.54) is 27.4 Å². The first kappa shape index (κ1) is 20.8. The number of nitriles is 1. The number of carbonyl (C=O) groups excluding carboxylic acids is 1. The third-order valence-corrected chi connectivity index (χ3v) is 6.58. The lowest BCUT2D eigenvalue weighted by Crippen LogP contribution is -2.53. The molecular formula is C20H20FN3O4S. The van der Waals surface area contributed by atoms with Gasteiger partial charge in [0.2, 0.25) is 10.0 Å². The molecule has 1 fully saturated rings. The SMILES string of the molecule is CC(Oc1ccc(C#N)cc1)C(=O)N1CCN(S(=O)(=O)c2ccccc2F)CC1. The van der Waals surface area contributed by atoms with Gasteiger partial charge in [-0.15, -0.1) is 0 Å². The van der Waals surface area contributed by atoms with Crippen molar-refractivity contribution in [3.05, 3.63) is 59.9 Å². The molecule has 1 saturated heterocycles. The Morgan fingerprint density at radius 2 is 1.72 bits per heavy atom. The second-order valence-electron chi connectivity index (χ2n) is 6.56. The normalized spacial score (nSPS) is 16.1. The van der Waals surface area contributed by atoms with Gasteiger partial charge in [-0.25, -0.2) is 12.8 Å². The summed E-state index contributed by atoms with van der Waals surface area (Å²) in [5, 5.41) is 8.82. The lowest BCUT2D eigenvalue weighted by molar-refractivity contribution is -0.139. The van der Waals surface area contributed by atoms with Crippen LogP contribution in [-0.4, -0.2) is 55.8 Å². The fraction of sp³-hybridized carbons (Fsp3) is 0.300. The lowest BCUT2D eigenvalue weighted by Gasteiger charge is -2.35. The molecule has 1 aliphatic rings. The number of hydrogen-bond donors (Lipinski definition) is 0. The highest BCUT2D eigenvalue weighted by atomic mass is 32.2. The summed E-state index contributed by atoms with van der Waals surface area (Å²) in [6.07, 6.45) is -0.766. The van der Waals surface area contributed by atoms with Crippen molar-refractivity contribution in [2.45, 2.75) is 17.9 Å². The molecule has 152 valence electrons. The van der Waals surface area contributed by atoms with Gasteiger partial charge in [0, 0.05) is 26.2 Å². The van der Waals surface area contributed by atoms with Gasteiger partial charge in [-0.3, -0.25) is 4.79 Å². The molecule has 29 heavy (non-hydrogen) atoms. The van der Waals surface area contributed by atoms with Crippen LogP contribution in [0.5, 0.6) is 5.75 Å². The molecule has 2 aromatic carbocycles. The maximum absolute atomic E-state index is 13.9. The zero-order valence-corrected chi connectivity index (χ0v) is 16.6. The van der Waals surface area contributed by atoms with Gasteiger partial charge in [-0.1, -0.05) is 12.1 Å². The van der Waals surface area contributed by atoms with Gasteiger partial charge in [0.15, 0.2) is 6.10 Å². The molecule has 9 heteroatoms. The molecule has 3 rings (SSSR count). The van der Waals surface area contributed by atoms with E-state index >= 15 is 0 Å². The van der Waals surface area contributed by atoms with Crippen molar-refractivity contribution in [1.82, 2.24) is 9.21 Å². The fourth-order valence-electron chi connectivity index (χ4n) is 3.06. The van der Waals surface area contributed by atoms with Crippen LogP contribution in [0, 0.1) is 17.1 Å². The Morgan fingerprint density at radius 3 is 2.31 bits per heavy atom. The number of carbonyl (C=O) groups is 1. The second kappa shape index (κ2) is 8.59. The Labute approximate surface area is 169 Å². The van der Waals surface area contributed by atoms with Gasteiger partial charge in [-0.2, -0.15) is 9.57 Å². The van der Waals surface area contributed by atoms with Crippen molar-refractivity contribution >= 4 is 15.9 Å². The van der Waals surface area contributed by atoms with Crippen LogP contribution in [0.3, 0.4) is 0 Å². The van der Waals surface area contributed by atoms with E-state index in [9.17, 15) is 17.6 Å². The molecule has 0 N–H and O–H groups in total. The summed E-state index contributed by atoms with van der Waals surface area (Å²) in [5.74, 6) is -0.599. The molecule has 1 amide bonds. The summed E-state index contributed by atoms with van der Waals surface area (Å²) < 4.78 is 46.0. The fourth-order valence-corrected chi connectivity index (χ4v) is 4.55. The van der Waals surface area contributed by atoms with E-state index in [4.69, 9.17) is 10.00 Å².